The molecule has 0 bridgehead atoms. The monoisotopic (exact) mass is 336 g/mol. The van der Waals surface area contributed by atoms with Crippen LogP contribution in [0, 0.1) is 5.92 Å². The van der Waals surface area contributed by atoms with E-state index < -0.39 is 5.79 Å². The number of carbonyl (C=O) groups excluding carboxylic acids is 1. The quantitative estimate of drug-likeness (QED) is 0.831. The molecule has 132 valence electrons. The third kappa shape index (κ3) is 4.30. The molecule has 1 fully saturated rings. The molecule has 0 aromatic heterocycles. The van der Waals surface area contributed by atoms with Crippen molar-refractivity contribution in [2.45, 2.75) is 32.6 Å². The van der Waals surface area contributed by atoms with Gasteiger partial charge < -0.3 is 29.6 Å². The predicted octanol–water partition coefficient (Wildman–Crippen LogP) is 2.00. The van der Waals surface area contributed by atoms with Crippen molar-refractivity contribution < 1.29 is 23.7 Å². The Hall–Kier alpha value is -1.99. The first-order valence-corrected chi connectivity index (χ1v) is 8.22. The summed E-state index contributed by atoms with van der Waals surface area (Å²) in [6, 6.07) is 5.44. The number of hydrogen-bond donors (Lipinski definition) is 2. The van der Waals surface area contributed by atoms with E-state index in [9.17, 15) is 4.79 Å². The van der Waals surface area contributed by atoms with Crippen LogP contribution in [0.2, 0.25) is 0 Å². The summed E-state index contributed by atoms with van der Waals surface area (Å²) in [5.41, 5.74) is 0.961. The minimum absolute atomic E-state index is 0.196. The van der Waals surface area contributed by atoms with Gasteiger partial charge in [0.1, 0.15) is 0 Å². The average Bonchev–Trinajstić information content (AvgIpc) is 3.19. The minimum atomic E-state index is -0.524. The van der Waals surface area contributed by atoms with Gasteiger partial charge in [-0.25, -0.2) is 4.79 Å². The Balaban J connectivity index is 1.38. The number of amides is 2. The first-order chi connectivity index (χ1) is 11.5. The summed E-state index contributed by atoms with van der Waals surface area (Å²) in [7, 11) is 0. The second kappa shape index (κ2) is 7.27. The van der Waals surface area contributed by atoms with Crippen molar-refractivity contribution in [1.82, 2.24) is 10.6 Å². The van der Waals surface area contributed by atoms with Gasteiger partial charge in [0, 0.05) is 19.5 Å². The van der Waals surface area contributed by atoms with E-state index in [1.54, 1.807) is 0 Å². The molecule has 24 heavy (non-hydrogen) atoms. The third-order valence-corrected chi connectivity index (χ3v) is 4.12. The standard InChI is InChI=1S/C17H24N2O5/c1-12(8-17(2)23-5-6-24-17)9-18-16(20)19-10-13-3-4-14-15(7-13)22-11-21-14/h3-4,7,12H,5-6,8-11H2,1-2H3,(H2,18,19,20). The fourth-order valence-electron chi connectivity index (χ4n) is 2.94. The molecule has 0 aliphatic carbocycles. The fraction of sp³-hybridized carbons (Fsp3) is 0.588. The van der Waals surface area contributed by atoms with E-state index in [4.69, 9.17) is 18.9 Å². The molecular weight excluding hydrogens is 312 g/mol. The number of nitrogens with one attached hydrogen (secondary N) is 2. The SMILES string of the molecule is CC(CNC(=O)NCc1ccc2c(c1)OCO2)CC1(C)OCCO1. The van der Waals surface area contributed by atoms with Crippen LogP contribution in [0.1, 0.15) is 25.8 Å². The van der Waals surface area contributed by atoms with Gasteiger partial charge in [0.2, 0.25) is 6.79 Å². The highest BCUT2D eigenvalue weighted by Crippen LogP contribution is 2.32. The first kappa shape index (κ1) is 16.9. The zero-order valence-electron chi connectivity index (χ0n) is 14.1. The van der Waals surface area contributed by atoms with Crippen LogP contribution in [0.5, 0.6) is 11.5 Å². The van der Waals surface area contributed by atoms with Gasteiger partial charge in [-0.05, 0) is 30.5 Å². The Morgan fingerprint density at radius 3 is 2.75 bits per heavy atom. The molecule has 0 radical (unpaired) electrons. The third-order valence-electron chi connectivity index (χ3n) is 4.12. The number of carbonyl (C=O) groups is 1. The van der Waals surface area contributed by atoms with Gasteiger partial charge in [-0.3, -0.25) is 0 Å². The van der Waals surface area contributed by atoms with Crippen LogP contribution < -0.4 is 20.1 Å². The fourth-order valence-corrected chi connectivity index (χ4v) is 2.94. The van der Waals surface area contributed by atoms with E-state index in [0.717, 1.165) is 17.7 Å². The van der Waals surface area contributed by atoms with Gasteiger partial charge in [-0.15, -0.1) is 0 Å². The molecule has 2 amide bonds. The molecule has 2 aliphatic heterocycles. The van der Waals surface area contributed by atoms with Crippen molar-refractivity contribution in [2.24, 2.45) is 5.92 Å². The number of rotatable bonds is 6. The van der Waals surface area contributed by atoms with Gasteiger partial charge in [-0.1, -0.05) is 13.0 Å². The Labute approximate surface area is 141 Å². The number of ether oxygens (including phenoxy) is 4. The highest BCUT2D eigenvalue weighted by atomic mass is 16.7. The van der Waals surface area contributed by atoms with Crippen molar-refractivity contribution in [2.75, 3.05) is 26.6 Å². The lowest BCUT2D eigenvalue weighted by atomic mass is 10.0. The van der Waals surface area contributed by atoms with E-state index in [0.29, 0.717) is 32.1 Å². The van der Waals surface area contributed by atoms with Crippen LogP contribution >= 0.6 is 0 Å². The maximum Gasteiger partial charge on any atom is 0.315 e. The molecule has 0 saturated carbocycles. The van der Waals surface area contributed by atoms with Gasteiger partial charge in [0.05, 0.1) is 13.2 Å². The van der Waals surface area contributed by atoms with Crippen molar-refractivity contribution in [3.05, 3.63) is 23.8 Å². The molecule has 2 aliphatic rings. The number of benzene rings is 1. The highest BCUT2D eigenvalue weighted by Gasteiger charge is 2.32. The van der Waals surface area contributed by atoms with Crippen LogP contribution in [0.25, 0.3) is 0 Å². The predicted molar refractivity (Wildman–Crippen MR) is 86.9 cm³/mol. The minimum Gasteiger partial charge on any atom is -0.454 e. The molecule has 7 nitrogen and oxygen atoms in total. The second-order valence-electron chi connectivity index (χ2n) is 6.39. The summed E-state index contributed by atoms with van der Waals surface area (Å²) in [4.78, 5) is 11.9. The molecule has 0 spiro atoms. The largest absolute Gasteiger partial charge is 0.454 e. The maximum atomic E-state index is 11.9. The van der Waals surface area contributed by atoms with Crippen molar-refractivity contribution in [3.8, 4) is 11.5 Å². The zero-order valence-corrected chi connectivity index (χ0v) is 14.1. The molecular formula is C17H24N2O5. The van der Waals surface area contributed by atoms with Crippen molar-refractivity contribution >= 4 is 6.03 Å². The van der Waals surface area contributed by atoms with Crippen LogP contribution in [0.3, 0.4) is 0 Å². The molecule has 1 aromatic rings. The summed E-state index contributed by atoms with van der Waals surface area (Å²) >= 11 is 0. The van der Waals surface area contributed by atoms with E-state index in [-0.39, 0.29) is 18.7 Å². The Morgan fingerprint density at radius 2 is 1.96 bits per heavy atom. The van der Waals surface area contributed by atoms with E-state index in [1.165, 1.54) is 0 Å². The Morgan fingerprint density at radius 1 is 1.21 bits per heavy atom. The van der Waals surface area contributed by atoms with Crippen LogP contribution in [-0.4, -0.2) is 38.4 Å². The molecule has 1 aromatic carbocycles. The summed E-state index contributed by atoms with van der Waals surface area (Å²) in [6.07, 6.45) is 0.745. The van der Waals surface area contributed by atoms with Gasteiger partial charge >= 0.3 is 6.03 Å². The highest BCUT2D eigenvalue weighted by molar-refractivity contribution is 5.73. The van der Waals surface area contributed by atoms with E-state index >= 15 is 0 Å². The van der Waals surface area contributed by atoms with Crippen LogP contribution in [0.15, 0.2) is 18.2 Å². The summed E-state index contributed by atoms with van der Waals surface area (Å²) < 4.78 is 21.8. The number of hydrogen-bond acceptors (Lipinski definition) is 5. The first-order valence-electron chi connectivity index (χ1n) is 8.22. The maximum absolute atomic E-state index is 11.9. The molecule has 7 heteroatoms. The molecule has 2 N–H and O–H groups in total. The molecule has 2 heterocycles. The number of fused-ring (bicyclic) bond motifs is 1. The second-order valence-corrected chi connectivity index (χ2v) is 6.39. The average molecular weight is 336 g/mol. The molecule has 1 atom stereocenters. The molecule has 1 unspecified atom stereocenters. The van der Waals surface area contributed by atoms with Crippen molar-refractivity contribution in [3.63, 3.8) is 0 Å². The normalized spacial score (nSPS) is 19.1. The lowest BCUT2D eigenvalue weighted by Crippen LogP contribution is -2.39. The number of urea groups is 1. The Kier molecular flexibility index (Phi) is 5.11. The van der Waals surface area contributed by atoms with Crippen LogP contribution in [-0.2, 0) is 16.0 Å². The van der Waals surface area contributed by atoms with Crippen molar-refractivity contribution in [1.29, 1.82) is 0 Å². The smallest absolute Gasteiger partial charge is 0.315 e. The van der Waals surface area contributed by atoms with Crippen LogP contribution in [0.4, 0.5) is 4.79 Å². The molecule has 1 saturated heterocycles. The summed E-state index contributed by atoms with van der Waals surface area (Å²) in [6.45, 7) is 6.51. The van der Waals surface area contributed by atoms with Gasteiger partial charge in [0.15, 0.2) is 17.3 Å². The lowest BCUT2D eigenvalue weighted by molar-refractivity contribution is -0.153. The lowest BCUT2D eigenvalue weighted by Gasteiger charge is -2.26. The van der Waals surface area contributed by atoms with E-state index in [1.807, 2.05) is 25.1 Å². The van der Waals surface area contributed by atoms with Gasteiger partial charge in [-0.2, -0.15) is 0 Å². The van der Waals surface area contributed by atoms with E-state index in [2.05, 4.69) is 17.6 Å². The summed E-state index contributed by atoms with van der Waals surface area (Å²) in [5.74, 6) is 1.18. The summed E-state index contributed by atoms with van der Waals surface area (Å²) in [5, 5.41) is 5.72. The van der Waals surface area contributed by atoms with Gasteiger partial charge in [0.25, 0.3) is 0 Å². The molecule has 3 rings (SSSR count). The zero-order chi connectivity index (χ0) is 17.0. The Bertz CT molecular complexity index is 586. The topological polar surface area (TPSA) is 78.1 Å².